The maximum Gasteiger partial charge on any atom is 0.169 e. The van der Waals surface area contributed by atoms with E-state index < -0.39 is 5.79 Å². The number of phenolic OH excluding ortho intramolecular Hbond substituents is 2. The van der Waals surface area contributed by atoms with Crippen molar-refractivity contribution in [2.24, 2.45) is 0 Å². The molecule has 4 aromatic rings. The first-order chi connectivity index (χ1) is 19.1. The Morgan fingerprint density at radius 2 is 0.846 bits per heavy atom. The molecule has 4 nitrogen and oxygen atoms in total. The Kier molecular flexibility index (Phi) is 7.40. The monoisotopic (exact) mass is 520 g/mol. The summed E-state index contributed by atoms with van der Waals surface area (Å²) in [7, 11) is 0. The minimum Gasteiger partial charge on any atom is -0.508 e. The summed E-state index contributed by atoms with van der Waals surface area (Å²) in [6.45, 7) is 0. The van der Waals surface area contributed by atoms with Gasteiger partial charge in [0.1, 0.15) is 11.5 Å². The highest BCUT2D eigenvalue weighted by molar-refractivity contribution is 5.41. The summed E-state index contributed by atoms with van der Waals surface area (Å²) in [5.41, 5.74) is 4.48. The fraction of sp³-hybridized carbons (Fsp3) is 0.314. The van der Waals surface area contributed by atoms with Crippen molar-refractivity contribution >= 4 is 0 Å². The average Bonchev–Trinajstić information content (AvgIpc) is 3.16. The quantitative estimate of drug-likeness (QED) is 0.271. The first kappa shape index (κ1) is 25.7. The number of phenols is 2. The van der Waals surface area contributed by atoms with E-state index in [2.05, 4.69) is 48.5 Å². The molecule has 1 aliphatic carbocycles. The van der Waals surface area contributed by atoms with Crippen molar-refractivity contribution in [1.82, 2.24) is 0 Å². The fourth-order valence-electron chi connectivity index (χ4n) is 6.50. The Morgan fingerprint density at radius 1 is 0.487 bits per heavy atom. The molecule has 1 heterocycles. The summed E-state index contributed by atoms with van der Waals surface area (Å²) in [6, 6.07) is 36.1. The molecule has 2 fully saturated rings. The average molecular weight is 521 g/mol. The number of benzene rings is 4. The van der Waals surface area contributed by atoms with Crippen molar-refractivity contribution in [2.75, 3.05) is 0 Å². The van der Waals surface area contributed by atoms with Gasteiger partial charge in [-0.1, -0.05) is 97.8 Å². The van der Waals surface area contributed by atoms with Gasteiger partial charge in [-0.05, 0) is 59.4 Å². The second-order valence-electron chi connectivity index (χ2n) is 10.9. The minimum absolute atomic E-state index is 0.0947. The lowest BCUT2D eigenvalue weighted by Gasteiger charge is -2.32. The van der Waals surface area contributed by atoms with Gasteiger partial charge >= 0.3 is 0 Å². The molecule has 1 saturated carbocycles. The Morgan fingerprint density at radius 3 is 1.23 bits per heavy atom. The molecule has 2 aliphatic rings. The van der Waals surface area contributed by atoms with Gasteiger partial charge in [0.15, 0.2) is 5.79 Å². The highest BCUT2D eigenvalue weighted by Crippen LogP contribution is 2.50. The van der Waals surface area contributed by atoms with Gasteiger partial charge in [0.05, 0.1) is 12.2 Å². The summed E-state index contributed by atoms with van der Waals surface area (Å²) in [5, 5.41) is 20.2. The maximum absolute atomic E-state index is 10.1. The van der Waals surface area contributed by atoms with E-state index in [1.807, 2.05) is 36.4 Å². The lowest BCUT2D eigenvalue weighted by Crippen LogP contribution is -2.35. The first-order valence-electron chi connectivity index (χ1n) is 14.2. The molecule has 200 valence electrons. The fourth-order valence-corrected chi connectivity index (χ4v) is 6.50. The molecule has 4 atom stereocenters. The Balaban J connectivity index is 1.52. The normalized spacial score (nSPS) is 22.3. The molecule has 4 aromatic carbocycles. The van der Waals surface area contributed by atoms with Crippen molar-refractivity contribution < 1.29 is 19.7 Å². The third-order valence-electron chi connectivity index (χ3n) is 8.37. The van der Waals surface area contributed by atoms with E-state index in [1.54, 1.807) is 24.3 Å². The Hall–Kier alpha value is -3.60. The van der Waals surface area contributed by atoms with E-state index in [-0.39, 0.29) is 35.5 Å². The van der Waals surface area contributed by atoms with Crippen molar-refractivity contribution in [1.29, 1.82) is 0 Å². The van der Waals surface area contributed by atoms with Crippen molar-refractivity contribution in [3.8, 4) is 11.5 Å². The summed E-state index contributed by atoms with van der Waals surface area (Å²) in [5.74, 6) is -0.320. The van der Waals surface area contributed by atoms with Crippen molar-refractivity contribution in [2.45, 2.75) is 68.4 Å². The largest absolute Gasteiger partial charge is 0.508 e. The van der Waals surface area contributed by atoms with Crippen LogP contribution in [-0.4, -0.2) is 28.2 Å². The van der Waals surface area contributed by atoms with E-state index in [0.29, 0.717) is 0 Å². The van der Waals surface area contributed by atoms with Crippen LogP contribution in [0.5, 0.6) is 11.5 Å². The van der Waals surface area contributed by atoms with Crippen LogP contribution in [0.3, 0.4) is 0 Å². The van der Waals surface area contributed by atoms with Crippen LogP contribution >= 0.6 is 0 Å². The van der Waals surface area contributed by atoms with Crippen molar-refractivity contribution in [3.63, 3.8) is 0 Å². The highest BCUT2D eigenvalue weighted by atomic mass is 16.8. The summed E-state index contributed by atoms with van der Waals surface area (Å²) < 4.78 is 14.4. The maximum atomic E-state index is 10.1. The molecule has 0 aromatic heterocycles. The molecule has 1 aliphatic heterocycles. The lowest BCUT2D eigenvalue weighted by atomic mass is 9.77. The van der Waals surface area contributed by atoms with Gasteiger partial charge in [-0.2, -0.15) is 0 Å². The van der Waals surface area contributed by atoms with Crippen LogP contribution in [-0.2, 0) is 9.47 Å². The van der Waals surface area contributed by atoms with Gasteiger partial charge in [-0.25, -0.2) is 0 Å². The minimum atomic E-state index is -0.625. The van der Waals surface area contributed by atoms with Gasteiger partial charge in [0, 0.05) is 24.7 Å². The van der Waals surface area contributed by atoms with Gasteiger partial charge in [0.2, 0.25) is 0 Å². The second kappa shape index (κ2) is 11.3. The topological polar surface area (TPSA) is 58.9 Å². The Labute approximate surface area is 230 Å². The van der Waals surface area contributed by atoms with E-state index >= 15 is 0 Å². The summed E-state index contributed by atoms with van der Waals surface area (Å²) in [6.07, 6.45) is 5.80. The van der Waals surface area contributed by atoms with Crippen LogP contribution in [0.15, 0.2) is 109 Å². The molecule has 0 radical (unpaired) electrons. The number of ether oxygens (including phenoxy) is 2. The van der Waals surface area contributed by atoms with Crippen LogP contribution in [0, 0.1) is 0 Å². The number of hydrogen-bond donors (Lipinski definition) is 2. The third kappa shape index (κ3) is 5.45. The van der Waals surface area contributed by atoms with Gasteiger partial charge < -0.3 is 19.7 Å². The molecule has 1 saturated heterocycles. The van der Waals surface area contributed by atoms with E-state index in [9.17, 15) is 10.2 Å². The van der Waals surface area contributed by atoms with Crippen LogP contribution in [0.1, 0.15) is 72.6 Å². The molecule has 1 spiro atoms. The van der Waals surface area contributed by atoms with Crippen LogP contribution in [0.2, 0.25) is 0 Å². The predicted octanol–water partition coefficient (Wildman–Crippen LogP) is 7.90. The van der Waals surface area contributed by atoms with Gasteiger partial charge in [0.25, 0.3) is 0 Å². The molecular weight excluding hydrogens is 484 g/mol. The zero-order chi connectivity index (χ0) is 26.7. The van der Waals surface area contributed by atoms with Crippen molar-refractivity contribution in [3.05, 3.63) is 131 Å². The number of rotatable bonds is 6. The summed E-state index contributed by atoms with van der Waals surface area (Å²) >= 11 is 0. The molecule has 0 amide bonds. The lowest BCUT2D eigenvalue weighted by molar-refractivity contribution is -0.185. The van der Waals surface area contributed by atoms with E-state index in [1.165, 1.54) is 12.8 Å². The zero-order valence-electron chi connectivity index (χ0n) is 22.2. The summed E-state index contributed by atoms with van der Waals surface area (Å²) in [4.78, 5) is 0. The highest BCUT2D eigenvalue weighted by Gasteiger charge is 2.53. The van der Waals surface area contributed by atoms with Crippen LogP contribution in [0.4, 0.5) is 0 Å². The molecule has 6 rings (SSSR count). The zero-order valence-corrected chi connectivity index (χ0v) is 22.2. The molecule has 0 unspecified atom stereocenters. The first-order valence-corrected chi connectivity index (χ1v) is 14.2. The number of aromatic hydroxyl groups is 2. The molecule has 0 bridgehead atoms. The predicted molar refractivity (Wildman–Crippen MR) is 153 cm³/mol. The standard InChI is InChI=1S/C35H36O4/c36-29-19-15-27(16-20-29)31(25-11-5-3-6-12-25)33-34(39-35(38-33)23-9-1-2-10-24-35)32(26-13-7-4-8-14-26)28-17-21-30(37)22-18-28/h3-8,11-22,31-34,36-37H,1-2,9-10,23-24H2/t31-,32-,33-,34-/m1/s1. The third-order valence-corrected chi connectivity index (χ3v) is 8.37. The molecule has 39 heavy (non-hydrogen) atoms. The molecule has 4 heteroatoms. The number of hydrogen-bond acceptors (Lipinski definition) is 4. The van der Waals surface area contributed by atoms with Crippen LogP contribution in [0.25, 0.3) is 0 Å². The second-order valence-corrected chi connectivity index (χ2v) is 10.9. The molecule has 2 N–H and O–H groups in total. The van der Waals surface area contributed by atoms with Gasteiger partial charge in [-0.3, -0.25) is 0 Å². The van der Waals surface area contributed by atoms with Crippen LogP contribution < -0.4 is 0 Å². The Bertz CT molecular complexity index is 1230. The smallest absolute Gasteiger partial charge is 0.169 e. The van der Waals surface area contributed by atoms with E-state index in [4.69, 9.17) is 9.47 Å². The van der Waals surface area contributed by atoms with Gasteiger partial charge in [-0.15, -0.1) is 0 Å². The molecular formula is C35H36O4. The van der Waals surface area contributed by atoms with E-state index in [0.717, 1.165) is 47.9 Å². The SMILES string of the molecule is Oc1ccc([C@@H](c2ccccc2)[C@H]2OC3(CCCCCC3)O[C@@H]2[C@H](c2ccccc2)c2ccc(O)cc2)cc1.